The van der Waals surface area contributed by atoms with Crippen LogP contribution in [0.15, 0.2) is 40.6 Å². The molecule has 68 heavy (non-hydrogen) atoms. The highest BCUT2D eigenvalue weighted by Gasteiger charge is 2.02. The molecule has 10 aromatic rings. The monoisotopic (exact) mass is 1110 g/mol. The fourth-order valence-electron chi connectivity index (χ4n) is 3.66. The summed E-state index contributed by atoms with van der Waals surface area (Å²) in [7, 11) is 0. The van der Waals surface area contributed by atoms with Gasteiger partial charge in [0.25, 0.3) is 0 Å². The fourth-order valence-corrected chi connectivity index (χ4v) is 8.69. The Balaban J connectivity index is 0.000000265. The number of hydrogen-bond acceptors (Lipinski definition) is 30. The molecule has 364 valence electrons. The third kappa shape index (κ3) is 28.1. The number of benzene rings is 1. The van der Waals surface area contributed by atoms with Crippen LogP contribution in [-0.2, 0) is 6.42 Å². The second-order valence-corrected chi connectivity index (χ2v) is 23.6. The molecular weight excluding hydrogens is 1060 g/mol. The Morgan fingerprint density at radius 2 is 0.912 bits per heavy atom. The minimum atomic E-state index is -0.0856. The summed E-state index contributed by atoms with van der Waals surface area (Å²) in [6.07, 6.45) is 1.01. The molecular formula is C36H49N21OS10. The third-order valence-corrected chi connectivity index (χ3v) is 13.1. The van der Waals surface area contributed by atoms with E-state index in [-0.39, 0.29) is 4.87 Å². The van der Waals surface area contributed by atoms with E-state index in [9.17, 15) is 4.79 Å². The van der Waals surface area contributed by atoms with Crippen LogP contribution in [0.2, 0.25) is 0 Å². The molecule has 22 nitrogen and oxygen atoms in total. The molecule has 1 aromatic carbocycles. The van der Waals surface area contributed by atoms with Crippen molar-refractivity contribution in [2.45, 2.75) is 82.6 Å². The molecule has 0 aliphatic heterocycles. The Kier molecular flexibility index (Phi) is 28.7. The summed E-state index contributed by atoms with van der Waals surface area (Å²) in [6, 6.07) is 9.87. The molecule has 0 radical (unpaired) electrons. The minimum Gasteiger partial charge on any atom is -0.374 e. The predicted molar refractivity (Wildman–Crippen MR) is 285 cm³/mol. The van der Waals surface area contributed by atoms with Crippen LogP contribution in [0.4, 0.5) is 15.4 Å². The van der Waals surface area contributed by atoms with Gasteiger partial charge >= 0.3 is 4.87 Å². The molecule has 32 heteroatoms. The largest absolute Gasteiger partial charge is 0.374 e. The first kappa shape index (κ1) is 58.8. The van der Waals surface area contributed by atoms with Gasteiger partial charge in [-0.2, -0.15) is 10.2 Å². The first-order valence-electron chi connectivity index (χ1n) is 19.2. The minimum absolute atomic E-state index is 0.0856. The molecule has 10 rings (SSSR count). The summed E-state index contributed by atoms with van der Waals surface area (Å²) >= 11 is 18.0. The second-order valence-electron chi connectivity index (χ2n) is 12.1. The van der Waals surface area contributed by atoms with E-state index in [4.69, 9.17) is 29.4 Å². The lowest BCUT2D eigenvalue weighted by molar-refractivity contribution is 0.966. The Morgan fingerprint density at radius 3 is 1.12 bits per heavy atom. The van der Waals surface area contributed by atoms with Crippen molar-refractivity contribution in [2.75, 3.05) is 17.2 Å². The van der Waals surface area contributed by atoms with Gasteiger partial charge in [0.1, 0.15) is 65.6 Å². The summed E-state index contributed by atoms with van der Waals surface area (Å²) in [5, 5.41) is 78.0. The number of nitrogens with two attached hydrogens (primary N) is 3. The molecule has 0 saturated heterocycles. The number of nitrogen functional groups attached to an aromatic ring is 3. The second kappa shape index (κ2) is 33.2. The van der Waals surface area contributed by atoms with Crippen LogP contribution in [0.3, 0.4) is 0 Å². The number of nitrogens with one attached hydrogen (secondary N) is 2. The van der Waals surface area contributed by atoms with Gasteiger partial charge in [0, 0.05) is 5.56 Å². The van der Waals surface area contributed by atoms with E-state index in [2.05, 4.69) is 98.7 Å². The molecule has 0 fully saturated rings. The maximum atomic E-state index is 10.2. The molecule has 0 aliphatic carbocycles. The number of aromatic nitrogens is 18. The van der Waals surface area contributed by atoms with Gasteiger partial charge in [0.15, 0.2) is 3.95 Å². The topological polar surface area (TPSA) is 333 Å². The molecule has 0 amide bonds. The fraction of sp³-hybridized carbons (Fsp3) is 0.333. The smallest absolute Gasteiger partial charge is 0.322 e. The van der Waals surface area contributed by atoms with E-state index in [1.165, 1.54) is 45.3 Å². The number of rotatable bonds is 2. The Hall–Kier alpha value is -5.32. The van der Waals surface area contributed by atoms with E-state index >= 15 is 0 Å². The molecule has 9 heterocycles. The standard InChI is InChI=1S/C8H7N3S.C5H8N2S.2C4H6N2S.2C3H5N3S.C3H4N2OS.C3H4N2S2.C3H4N2S/c9-8-11-10-7(12-8)6-4-2-1-3-5-6;1-3-5-7-6-4(2)8-5;2*1-3-5-6-4(2)7-3;2*1-2-5-6-3(4)7-2;2*1-2-4-5-3(6)7-2;1-3-5-4-2-6-3/h1-5H,(H2,9,11);3H2,1-2H3;2*1-2H3;2*1H3,(H2,4,6);2*1H3,(H,5,6);2H,1H3. The first-order chi connectivity index (χ1) is 32.3. The maximum Gasteiger partial charge on any atom is 0.322 e. The molecule has 0 unspecified atom stereocenters. The number of H-pyrrole nitrogens is 2. The SMILES string of the molecule is CCc1nnc(C)s1.Cc1n[nH]c(=O)s1.Cc1n[nH]c(=S)s1.Cc1nnc(C)s1.Cc1nnc(C)s1.Cc1nnc(N)s1.Cc1nnc(N)s1.Cc1nncs1.Nc1nnc(-c2ccccc2)s1. The van der Waals surface area contributed by atoms with Crippen molar-refractivity contribution in [3.05, 3.63) is 105 Å². The third-order valence-electron chi connectivity index (χ3n) is 6.23. The normalized spacial score (nSPS) is 9.46. The zero-order valence-corrected chi connectivity index (χ0v) is 46.7. The van der Waals surface area contributed by atoms with Crippen molar-refractivity contribution < 1.29 is 0 Å². The zero-order chi connectivity index (χ0) is 50.4. The lowest BCUT2D eigenvalue weighted by atomic mass is 10.2. The van der Waals surface area contributed by atoms with E-state index < -0.39 is 0 Å². The zero-order valence-electron chi connectivity index (χ0n) is 38.5. The molecule has 0 bridgehead atoms. The van der Waals surface area contributed by atoms with Crippen molar-refractivity contribution in [1.82, 2.24) is 91.8 Å². The van der Waals surface area contributed by atoms with Crippen molar-refractivity contribution >= 4 is 130 Å². The van der Waals surface area contributed by atoms with E-state index in [1.54, 1.807) is 57.8 Å². The highest BCUT2D eigenvalue weighted by molar-refractivity contribution is 7.73. The Bertz CT molecular complexity index is 2660. The van der Waals surface area contributed by atoms with Crippen molar-refractivity contribution in [3.63, 3.8) is 0 Å². The summed E-state index contributed by atoms with van der Waals surface area (Å²) < 4.78 is 0.748. The van der Waals surface area contributed by atoms with Gasteiger partial charge < -0.3 is 17.2 Å². The molecule has 0 aliphatic rings. The van der Waals surface area contributed by atoms with Gasteiger partial charge in [-0.25, -0.2) is 5.10 Å². The summed E-state index contributed by atoms with van der Waals surface area (Å²) in [6.45, 7) is 21.2. The quantitative estimate of drug-likeness (QED) is 0.101. The Labute approximate surface area is 432 Å². The Morgan fingerprint density at radius 1 is 0.471 bits per heavy atom. The van der Waals surface area contributed by atoms with Gasteiger partial charge in [-0.05, 0) is 87.9 Å². The van der Waals surface area contributed by atoms with E-state index in [0.717, 1.165) is 87.4 Å². The summed E-state index contributed by atoms with van der Waals surface area (Å²) in [4.78, 5) is 10.1. The molecule has 0 saturated carbocycles. The van der Waals surface area contributed by atoms with Crippen molar-refractivity contribution in [3.8, 4) is 10.6 Å². The van der Waals surface area contributed by atoms with Crippen molar-refractivity contribution in [1.29, 1.82) is 0 Å². The highest BCUT2D eigenvalue weighted by Crippen LogP contribution is 2.23. The van der Waals surface area contributed by atoms with Crippen LogP contribution in [0.25, 0.3) is 10.6 Å². The van der Waals surface area contributed by atoms with Gasteiger partial charge in [-0.3, -0.25) is 9.89 Å². The average Bonchev–Trinajstić information content (AvgIpc) is 4.16. The average molecular weight is 1110 g/mol. The molecule has 8 N–H and O–H groups in total. The highest BCUT2D eigenvalue weighted by atomic mass is 32.2. The van der Waals surface area contributed by atoms with Crippen LogP contribution in [0.1, 0.15) is 62.0 Å². The number of nitrogens with zero attached hydrogens (tertiary/aromatic N) is 16. The number of aryl methyl sites for hydroxylation is 11. The summed E-state index contributed by atoms with van der Waals surface area (Å²) in [5.74, 6) is 0. The van der Waals surface area contributed by atoms with Gasteiger partial charge in [0.05, 0.1) is 0 Å². The van der Waals surface area contributed by atoms with Gasteiger partial charge in [-0.1, -0.05) is 93.9 Å². The van der Waals surface area contributed by atoms with Gasteiger partial charge in [0.2, 0.25) is 15.4 Å². The summed E-state index contributed by atoms with van der Waals surface area (Å²) in [5.41, 5.74) is 18.7. The van der Waals surface area contributed by atoms with Crippen LogP contribution in [-0.4, -0.2) is 91.8 Å². The van der Waals surface area contributed by atoms with Crippen LogP contribution >= 0.6 is 114 Å². The van der Waals surface area contributed by atoms with Crippen LogP contribution < -0.4 is 22.1 Å². The number of anilines is 3. The van der Waals surface area contributed by atoms with E-state index in [1.807, 2.05) is 92.6 Å². The number of aromatic amines is 2. The van der Waals surface area contributed by atoms with Gasteiger partial charge in [-0.15, -0.1) is 117 Å². The molecule has 0 atom stereocenters. The maximum absolute atomic E-state index is 10.2. The van der Waals surface area contributed by atoms with Crippen LogP contribution in [0, 0.1) is 73.2 Å². The number of hydrogen-bond donors (Lipinski definition) is 5. The molecule has 9 aromatic heterocycles. The molecule has 0 spiro atoms. The van der Waals surface area contributed by atoms with Crippen LogP contribution in [0.5, 0.6) is 0 Å². The lowest BCUT2D eigenvalue weighted by Gasteiger charge is -1.90. The predicted octanol–water partition coefficient (Wildman–Crippen LogP) is 8.86. The lowest BCUT2D eigenvalue weighted by Crippen LogP contribution is -1.90. The first-order valence-corrected chi connectivity index (χ1v) is 27.0. The van der Waals surface area contributed by atoms with E-state index in [0.29, 0.717) is 15.4 Å². The van der Waals surface area contributed by atoms with Crippen molar-refractivity contribution in [2.24, 2.45) is 0 Å².